The third-order valence-electron chi connectivity index (χ3n) is 2.56. The highest BCUT2D eigenvalue weighted by Gasteiger charge is 1.99. The highest BCUT2D eigenvalue weighted by Crippen LogP contribution is 2.12. The van der Waals surface area contributed by atoms with Gasteiger partial charge in [-0.2, -0.15) is 0 Å². The lowest BCUT2D eigenvalue weighted by Gasteiger charge is -2.12. The molecule has 0 heterocycles. The molecule has 1 N–H and O–H groups in total. The molecule has 0 bridgehead atoms. The minimum Gasteiger partial charge on any atom is -0.497 e. The van der Waals surface area contributed by atoms with Crippen molar-refractivity contribution in [2.24, 2.45) is 0 Å². The summed E-state index contributed by atoms with van der Waals surface area (Å²) in [6.07, 6.45) is 0. The maximum Gasteiger partial charge on any atom is 0.119 e. The first-order chi connectivity index (χ1) is 8.76. The van der Waals surface area contributed by atoms with Crippen LogP contribution in [0.1, 0.15) is 12.5 Å². The highest BCUT2D eigenvalue weighted by molar-refractivity contribution is 5.27. The molecule has 0 saturated carbocycles. The summed E-state index contributed by atoms with van der Waals surface area (Å²) in [5.74, 6) is 0.864. The summed E-state index contributed by atoms with van der Waals surface area (Å²) >= 11 is 0. The fourth-order valence-corrected chi connectivity index (χ4v) is 1.64. The van der Waals surface area contributed by atoms with Crippen molar-refractivity contribution >= 4 is 0 Å². The van der Waals surface area contributed by atoms with Crippen molar-refractivity contribution in [1.29, 1.82) is 0 Å². The van der Waals surface area contributed by atoms with Crippen LogP contribution in [-0.2, 0) is 16.1 Å². The Morgan fingerprint density at radius 3 is 2.83 bits per heavy atom. The number of benzene rings is 1. The Balaban J connectivity index is 2.13. The molecule has 0 aliphatic rings. The van der Waals surface area contributed by atoms with E-state index in [1.165, 1.54) is 0 Å². The van der Waals surface area contributed by atoms with Crippen molar-refractivity contribution in [3.8, 4) is 5.75 Å². The monoisotopic (exact) mass is 253 g/mol. The number of rotatable bonds is 9. The van der Waals surface area contributed by atoms with Crippen molar-refractivity contribution < 1.29 is 14.2 Å². The molecule has 1 rings (SSSR count). The Morgan fingerprint density at radius 2 is 2.11 bits per heavy atom. The lowest BCUT2D eigenvalue weighted by Crippen LogP contribution is -2.32. The zero-order chi connectivity index (χ0) is 13.2. The summed E-state index contributed by atoms with van der Waals surface area (Å²) in [5.41, 5.74) is 1.12. The second-order valence-electron chi connectivity index (χ2n) is 4.21. The molecule has 4 nitrogen and oxygen atoms in total. The van der Waals surface area contributed by atoms with Gasteiger partial charge in [-0.1, -0.05) is 12.1 Å². The minimum absolute atomic E-state index is 0.357. The summed E-state index contributed by atoms with van der Waals surface area (Å²) in [6, 6.07) is 8.27. The molecule has 1 aromatic carbocycles. The van der Waals surface area contributed by atoms with Crippen LogP contribution in [0, 0.1) is 0 Å². The van der Waals surface area contributed by atoms with E-state index >= 15 is 0 Å². The Bertz CT molecular complexity index is 331. The van der Waals surface area contributed by atoms with Gasteiger partial charge in [0.2, 0.25) is 0 Å². The Labute approximate surface area is 109 Å². The van der Waals surface area contributed by atoms with Gasteiger partial charge in [-0.15, -0.1) is 0 Å². The molecule has 0 saturated heterocycles. The van der Waals surface area contributed by atoms with E-state index in [1.54, 1.807) is 14.2 Å². The molecule has 1 unspecified atom stereocenters. The van der Waals surface area contributed by atoms with E-state index in [0.29, 0.717) is 19.3 Å². The van der Waals surface area contributed by atoms with Crippen molar-refractivity contribution in [1.82, 2.24) is 5.32 Å². The first-order valence-corrected chi connectivity index (χ1v) is 6.19. The van der Waals surface area contributed by atoms with Gasteiger partial charge in [0.05, 0.1) is 26.9 Å². The normalized spacial score (nSPS) is 12.4. The average molecular weight is 253 g/mol. The Morgan fingerprint density at radius 1 is 1.28 bits per heavy atom. The molecule has 0 radical (unpaired) electrons. The predicted octanol–water partition coefficient (Wildman–Crippen LogP) is 1.84. The Kier molecular flexibility index (Phi) is 7.41. The van der Waals surface area contributed by atoms with Crippen LogP contribution in [-0.4, -0.2) is 40.0 Å². The van der Waals surface area contributed by atoms with E-state index < -0.39 is 0 Å². The van der Waals surface area contributed by atoms with Gasteiger partial charge in [-0.3, -0.25) is 0 Å². The van der Waals surface area contributed by atoms with E-state index in [0.717, 1.165) is 24.5 Å². The highest BCUT2D eigenvalue weighted by atomic mass is 16.5. The molecule has 18 heavy (non-hydrogen) atoms. The van der Waals surface area contributed by atoms with E-state index in [9.17, 15) is 0 Å². The first kappa shape index (κ1) is 15.0. The summed E-state index contributed by atoms with van der Waals surface area (Å²) < 4.78 is 15.8. The molecule has 0 aromatic heterocycles. The third-order valence-corrected chi connectivity index (χ3v) is 2.56. The molecule has 102 valence electrons. The van der Waals surface area contributed by atoms with E-state index in [-0.39, 0.29) is 0 Å². The lowest BCUT2D eigenvalue weighted by atomic mass is 10.2. The summed E-state index contributed by atoms with van der Waals surface area (Å²) in [6.45, 7) is 4.93. The third kappa shape index (κ3) is 6.00. The number of nitrogens with one attached hydrogen (secondary N) is 1. The topological polar surface area (TPSA) is 39.7 Å². The minimum atomic E-state index is 0.357. The number of methoxy groups -OCH3 is 2. The average Bonchev–Trinajstić information content (AvgIpc) is 2.39. The van der Waals surface area contributed by atoms with Gasteiger partial charge in [0, 0.05) is 19.7 Å². The molecule has 1 atom stereocenters. The fourth-order valence-electron chi connectivity index (χ4n) is 1.64. The predicted molar refractivity (Wildman–Crippen MR) is 72.0 cm³/mol. The van der Waals surface area contributed by atoms with Gasteiger partial charge in [0.25, 0.3) is 0 Å². The fraction of sp³-hybridized carbons (Fsp3) is 0.571. The van der Waals surface area contributed by atoms with E-state index in [4.69, 9.17) is 14.2 Å². The summed E-state index contributed by atoms with van der Waals surface area (Å²) in [4.78, 5) is 0. The van der Waals surface area contributed by atoms with Crippen molar-refractivity contribution in [2.75, 3.05) is 34.0 Å². The van der Waals surface area contributed by atoms with Crippen LogP contribution in [0.2, 0.25) is 0 Å². The van der Waals surface area contributed by atoms with Crippen molar-refractivity contribution in [3.05, 3.63) is 29.8 Å². The molecule has 0 amide bonds. The smallest absolute Gasteiger partial charge is 0.119 e. The van der Waals surface area contributed by atoms with E-state index in [2.05, 4.69) is 12.2 Å². The van der Waals surface area contributed by atoms with Crippen LogP contribution >= 0.6 is 0 Å². The largest absolute Gasteiger partial charge is 0.497 e. The van der Waals surface area contributed by atoms with Crippen molar-refractivity contribution in [3.63, 3.8) is 0 Å². The molecule has 0 aliphatic carbocycles. The van der Waals surface area contributed by atoms with Gasteiger partial charge in [0.15, 0.2) is 0 Å². The summed E-state index contributed by atoms with van der Waals surface area (Å²) in [5, 5.41) is 3.32. The first-order valence-electron chi connectivity index (χ1n) is 6.19. The molecular weight excluding hydrogens is 230 g/mol. The summed E-state index contributed by atoms with van der Waals surface area (Å²) in [7, 11) is 3.37. The van der Waals surface area contributed by atoms with Gasteiger partial charge in [0.1, 0.15) is 5.75 Å². The SMILES string of the molecule is COCC(C)NCCOCc1cccc(OC)c1. The van der Waals surface area contributed by atoms with Gasteiger partial charge < -0.3 is 19.5 Å². The van der Waals surface area contributed by atoms with Gasteiger partial charge in [-0.05, 0) is 24.6 Å². The Hall–Kier alpha value is -1.10. The molecule has 0 spiro atoms. The van der Waals surface area contributed by atoms with Crippen LogP contribution < -0.4 is 10.1 Å². The maximum atomic E-state index is 5.59. The zero-order valence-electron chi connectivity index (χ0n) is 11.4. The molecule has 4 heteroatoms. The van der Waals surface area contributed by atoms with Crippen molar-refractivity contribution in [2.45, 2.75) is 19.6 Å². The number of hydrogen-bond donors (Lipinski definition) is 1. The quantitative estimate of drug-likeness (QED) is 0.682. The molecule has 0 aliphatic heterocycles. The van der Waals surface area contributed by atoms with Gasteiger partial charge in [-0.25, -0.2) is 0 Å². The van der Waals surface area contributed by atoms with Crippen LogP contribution in [0.5, 0.6) is 5.75 Å². The maximum absolute atomic E-state index is 5.59. The second kappa shape index (κ2) is 8.91. The van der Waals surface area contributed by atoms with Gasteiger partial charge >= 0.3 is 0 Å². The van der Waals surface area contributed by atoms with Crippen LogP contribution in [0.4, 0.5) is 0 Å². The van der Waals surface area contributed by atoms with E-state index in [1.807, 2.05) is 24.3 Å². The molecular formula is C14H23NO3. The number of ether oxygens (including phenoxy) is 3. The molecule has 1 aromatic rings. The van der Waals surface area contributed by atoms with Crippen LogP contribution in [0.3, 0.4) is 0 Å². The molecule has 0 fully saturated rings. The lowest BCUT2D eigenvalue weighted by molar-refractivity contribution is 0.114. The van der Waals surface area contributed by atoms with Crippen LogP contribution in [0.25, 0.3) is 0 Å². The second-order valence-corrected chi connectivity index (χ2v) is 4.21. The number of hydrogen-bond acceptors (Lipinski definition) is 4. The van der Waals surface area contributed by atoms with Crippen LogP contribution in [0.15, 0.2) is 24.3 Å². The standard InChI is InChI=1S/C14H23NO3/c1-12(10-16-2)15-7-8-18-11-13-5-4-6-14(9-13)17-3/h4-6,9,12,15H,7-8,10-11H2,1-3H3. The zero-order valence-corrected chi connectivity index (χ0v) is 11.4.